The first-order chi connectivity index (χ1) is 27.4. The molecule has 0 aromatic carbocycles. The average Bonchev–Trinajstić information content (AvgIpc) is 3.18. The quantitative estimate of drug-likeness (QED) is 0.0347. The van der Waals surface area contributed by atoms with Crippen LogP contribution >= 0.6 is 0 Å². The van der Waals surface area contributed by atoms with E-state index in [-0.39, 0.29) is 31.1 Å². The molecule has 0 aliphatic rings. The maximum absolute atomic E-state index is 12.7. The van der Waals surface area contributed by atoms with Crippen molar-refractivity contribution in [2.45, 2.75) is 284 Å². The van der Waals surface area contributed by atoms with E-state index in [0.717, 1.165) is 63.7 Å². The van der Waals surface area contributed by atoms with Gasteiger partial charge in [-0.3, -0.25) is 14.4 Å². The molecule has 0 unspecified atom stereocenters. The van der Waals surface area contributed by atoms with E-state index in [4.69, 9.17) is 14.2 Å². The molecule has 0 aliphatic carbocycles. The fraction of sp³-hybridized carbons (Fsp3) is 0.940. The summed E-state index contributed by atoms with van der Waals surface area (Å²) < 4.78 is 16.7. The van der Waals surface area contributed by atoms with Crippen LogP contribution in [0.3, 0.4) is 0 Å². The third-order valence-corrected chi connectivity index (χ3v) is 11.3. The number of hydrogen-bond acceptors (Lipinski definition) is 6. The van der Waals surface area contributed by atoms with Gasteiger partial charge in [0.15, 0.2) is 6.10 Å². The number of rotatable bonds is 45. The standard InChI is InChI=1S/C50H96O6/c1-5-7-9-11-13-15-16-17-18-19-20-21-22-23-24-26-29-33-37-41-48(51)54-44-47(56-50(53)43-39-35-30-25-14-12-10-8-6-2)45-55-49(52)42-38-34-31-27-28-32-36-40-46(3)4/h46-47H,5-45H2,1-4H3/t47-/m0/s1. The number of carbonyl (C=O) groups is 3. The number of ether oxygens (including phenoxy) is 3. The lowest BCUT2D eigenvalue weighted by molar-refractivity contribution is -0.167. The average molecular weight is 793 g/mol. The smallest absolute Gasteiger partial charge is 0.306 e. The predicted molar refractivity (Wildman–Crippen MR) is 238 cm³/mol. The second kappa shape index (κ2) is 44.5. The molecule has 0 saturated heterocycles. The first-order valence-electron chi connectivity index (χ1n) is 24.9. The van der Waals surface area contributed by atoms with Gasteiger partial charge in [0.1, 0.15) is 13.2 Å². The van der Waals surface area contributed by atoms with Crippen molar-refractivity contribution in [1.29, 1.82) is 0 Å². The maximum Gasteiger partial charge on any atom is 0.306 e. The highest BCUT2D eigenvalue weighted by molar-refractivity contribution is 5.71. The van der Waals surface area contributed by atoms with Crippen LogP contribution in [0.4, 0.5) is 0 Å². The van der Waals surface area contributed by atoms with Gasteiger partial charge < -0.3 is 14.2 Å². The van der Waals surface area contributed by atoms with Crippen molar-refractivity contribution in [3.63, 3.8) is 0 Å². The van der Waals surface area contributed by atoms with E-state index in [9.17, 15) is 14.4 Å². The molecule has 1 atom stereocenters. The van der Waals surface area contributed by atoms with Gasteiger partial charge in [-0.1, -0.05) is 240 Å². The van der Waals surface area contributed by atoms with Crippen molar-refractivity contribution in [2.24, 2.45) is 5.92 Å². The lowest BCUT2D eigenvalue weighted by Crippen LogP contribution is -2.30. The topological polar surface area (TPSA) is 78.9 Å². The van der Waals surface area contributed by atoms with Crippen LogP contribution in [0.5, 0.6) is 0 Å². The summed E-state index contributed by atoms with van der Waals surface area (Å²) in [6, 6.07) is 0. The summed E-state index contributed by atoms with van der Waals surface area (Å²) in [6.45, 7) is 8.95. The minimum Gasteiger partial charge on any atom is -0.462 e. The minimum atomic E-state index is -0.759. The van der Waals surface area contributed by atoms with Crippen LogP contribution in [0, 0.1) is 5.92 Å². The van der Waals surface area contributed by atoms with Gasteiger partial charge in [0.25, 0.3) is 0 Å². The first kappa shape index (κ1) is 54.4. The second-order valence-electron chi connectivity index (χ2n) is 17.6. The Bertz CT molecular complexity index is 841. The number of unbranched alkanes of at least 4 members (excludes halogenated alkanes) is 32. The summed E-state index contributed by atoms with van der Waals surface area (Å²) >= 11 is 0. The first-order valence-corrected chi connectivity index (χ1v) is 24.9. The minimum absolute atomic E-state index is 0.0639. The highest BCUT2D eigenvalue weighted by Gasteiger charge is 2.19. The molecule has 0 rings (SSSR count). The Morgan fingerprint density at radius 1 is 0.339 bits per heavy atom. The van der Waals surface area contributed by atoms with Crippen molar-refractivity contribution in [1.82, 2.24) is 0 Å². The monoisotopic (exact) mass is 793 g/mol. The Hall–Kier alpha value is -1.59. The second-order valence-corrected chi connectivity index (χ2v) is 17.6. The van der Waals surface area contributed by atoms with Crippen LogP contribution in [0.2, 0.25) is 0 Å². The van der Waals surface area contributed by atoms with Crippen molar-refractivity contribution >= 4 is 17.9 Å². The predicted octanol–water partition coefficient (Wildman–Crippen LogP) is 15.9. The molecule has 56 heavy (non-hydrogen) atoms. The Kier molecular flexibility index (Phi) is 43.2. The molecule has 0 aliphatic heterocycles. The summed E-state index contributed by atoms with van der Waals surface area (Å²) in [6.07, 6.45) is 45.3. The van der Waals surface area contributed by atoms with E-state index in [1.165, 1.54) is 173 Å². The highest BCUT2D eigenvalue weighted by atomic mass is 16.6. The van der Waals surface area contributed by atoms with Crippen LogP contribution in [-0.2, 0) is 28.6 Å². The molecule has 0 N–H and O–H groups in total. The number of esters is 3. The van der Waals surface area contributed by atoms with Gasteiger partial charge in [-0.2, -0.15) is 0 Å². The Balaban J connectivity index is 4.18. The van der Waals surface area contributed by atoms with Crippen LogP contribution in [0.1, 0.15) is 278 Å². The van der Waals surface area contributed by atoms with E-state index in [1.807, 2.05) is 0 Å². The SMILES string of the molecule is CCCCCCCCCCCCCCCCCCCCCC(=O)OC[C@@H](COC(=O)CCCCCCCCCC(C)C)OC(=O)CCCCCCCCCCC. The van der Waals surface area contributed by atoms with Gasteiger partial charge in [0, 0.05) is 19.3 Å². The molecule has 0 heterocycles. The van der Waals surface area contributed by atoms with Gasteiger partial charge in [-0.15, -0.1) is 0 Å². The fourth-order valence-electron chi connectivity index (χ4n) is 7.51. The molecule has 6 heteroatoms. The molecule has 0 radical (unpaired) electrons. The van der Waals surface area contributed by atoms with Gasteiger partial charge in [0.05, 0.1) is 0 Å². The molecule has 0 aromatic heterocycles. The summed E-state index contributed by atoms with van der Waals surface area (Å²) in [7, 11) is 0. The third-order valence-electron chi connectivity index (χ3n) is 11.3. The largest absolute Gasteiger partial charge is 0.462 e. The zero-order valence-electron chi connectivity index (χ0n) is 38.1. The molecule has 0 saturated carbocycles. The van der Waals surface area contributed by atoms with Crippen molar-refractivity contribution in [3.8, 4) is 0 Å². The van der Waals surface area contributed by atoms with Crippen LogP contribution in [0.25, 0.3) is 0 Å². The van der Waals surface area contributed by atoms with E-state index < -0.39 is 6.10 Å². The van der Waals surface area contributed by atoms with Gasteiger partial charge >= 0.3 is 17.9 Å². The third kappa shape index (κ3) is 43.5. The van der Waals surface area contributed by atoms with Crippen LogP contribution in [-0.4, -0.2) is 37.2 Å². The molecule has 6 nitrogen and oxygen atoms in total. The molecule has 332 valence electrons. The summed E-state index contributed by atoms with van der Waals surface area (Å²) in [5, 5.41) is 0. The Labute approximate surface area is 348 Å². The number of carbonyl (C=O) groups excluding carboxylic acids is 3. The summed E-state index contributed by atoms with van der Waals surface area (Å²) in [5.74, 6) is -0.0730. The highest BCUT2D eigenvalue weighted by Crippen LogP contribution is 2.17. The lowest BCUT2D eigenvalue weighted by atomic mass is 10.0. The van der Waals surface area contributed by atoms with Crippen molar-refractivity contribution < 1.29 is 28.6 Å². The van der Waals surface area contributed by atoms with E-state index in [1.54, 1.807) is 0 Å². The maximum atomic E-state index is 12.7. The lowest BCUT2D eigenvalue weighted by Gasteiger charge is -2.18. The van der Waals surface area contributed by atoms with Gasteiger partial charge in [-0.05, 0) is 25.2 Å². The van der Waals surface area contributed by atoms with Crippen LogP contribution in [0.15, 0.2) is 0 Å². The number of hydrogen-bond donors (Lipinski definition) is 0. The zero-order valence-corrected chi connectivity index (χ0v) is 38.1. The van der Waals surface area contributed by atoms with E-state index >= 15 is 0 Å². The van der Waals surface area contributed by atoms with Crippen molar-refractivity contribution in [3.05, 3.63) is 0 Å². The molecular formula is C50H96O6. The molecule has 0 spiro atoms. The molecule has 0 amide bonds. The summed E-state index contributed by atoms with van der Waals surface area (Å²) in [5.41, 5.74) is 0. The molecule has 0 aromatic rings. The Morgan fingerprint density at radius 3 is 0.875 bits per heavy atom. The van der Waals surface area contributed by atoms with Gasteiger partial charge in [0.2, 0.25) is 0 Å². The normalized spacial score (nSPS) is 11.9. The Morgan fingerprint density at radius 2 is 0.589 bits per heavy atom. The zero-order chi connectivity index (χ0) is 41.0. The summed E-state index contributed by atoms with van der Waals surface area (Å²) in [4.78, 5) is 37.7. The van der Waals surface area contributed by atoms with E-state index in [0.29, 0.717) is 19.3 Å². The fourth-order valence-corrected chi connectivity index (χ4v) is 7.51. The van der Waals surface area contributed by atoms with Gasteiger partial charge in [-0.25, -0.2) is 0 Å². The van der Waals surface area contributed by atoms with E-state index in [2.05, 4.69) is 27.7 Å². The molecule has 0 bridgehead atoms. The molecule has 0 fully saturated rings. The molecular weight excluding hydrogens is 697 g/mol. The van der Waals surface area contributed by atoms with Crippen molar-refractivity contribution in [2.75, 3.05) is 13.2 Å². The van der Waals surface area contributed by atoms with Crippen LogP contribution < -0.4 is 0 Å².